The topological polar surface area (TPSA) is 66.6 Å². The Bertz CT molecular complexity index is 639. The van der Waals surface area contributed by atoms with Gasteiger partial charge in [-0.3, -0.25) is 4.79 Å². The van der Waals surface area contributed by atoms with Crippen molar-refractivity contribution in [3.63, 3.8) is 0 Å². The second-order valence-electron chi connectivity index (χ2n) is 6.99. The molecule has 2 N–H and O–H groups in total. The first kappa shape index (κ1) is 17.4. The van der Waals surface area contributed by atoms with Crippen molar-refractivity contribution in [3.8, 4) is 6.07 Å². The predicted octanol–water partition coefficient (Wildman–Crippen LogP) is 1.52. The highest BCUT2D eigenvalue weighted by Crippen LogP contribution is 2.37. The lowest BCUT2D eigenvalue weighted by molar-refractivity contribution is -0.914. The van der Waals surface area contributed by atoms with Crippen molar-refractivity contribution in [3.05, 3.63) is 16.0 Å². The molecule has 1 aliphatic carbocycles. The van der Waals surface area contributed by atoms with Crippen LogP contribution in [0.15, 0.2) is 0 Å². The number of nitriles is 1. The summed E-state index contributed by atoms with van der Waals surface area (Å²) in [5.41, 5.74) is 1.87. The molecule has 2 aliphatic rings. The van der Waals surface area contributed by atoms with Gasteiger partial charge in [-0.2, -0.15) is 5.26 Å². The Kier molecular flexibility index (Phi) is 5.54. The monoisotopic (exact) mass is 348 g/mol. The number of ether oxygens (including phenoxy) is 1. The lowest BCUT2D eigenvalue weighted by Gasteiger charge is -2.32. The van der Waals surface area contributed by atoms with Crippen molar-refractivity contribution >= 4 is 22.2 Å². The Labute approximate surface area is 147 Å². The molecule has 2 atom stereocenters. The first-order valence-corrected chi connectivity index (χ1v) is 9.72. The Morgan fingerprint density at radius 3 is 2.75 bits per heavy atom. The van der Waals surface area contributed by atoms with Crippen LogP contribution in [0.25, 0.3) is 0 Å². The van der Waals surface area contributed by atoms with Gasteiger partial charge in [0.15, 0.2) is 0 Å². The zero-order valence-electron chi connectivity index (χ0n) is 14.5. The molecule has 2 heterocycles. The highest BCUT2D eigenvalue weighted by Gasteiger charge is 2.26. The molecule has 0 aromatic carbocycles. The van der Waals surface area contributed by atoms with Crippen molar-refractivity contribution < 1.29 is 14.4 Å². The summed E-state index contributed by atoms with van der Waals surface area (Å²) in [7, 11) is 0. The Balaban J connectivity index is 1.57. The van der Waals surface area contributed by atoms with Gasteiger partial charge < -0.3 is 15.0 Å². The van der Waals surface area contributed by atoms with Gasteiger partial charge in [-0.05, 0) is 45.1 Å². The molecule has 24 heavy (non-hydrogen) atoms. The Morgan fingerprint density at radius 2 is 2.04 bits per heavy atom. The number of quaternary nitrogens is 1. The van der Waals surface area contributed by atoms with E-state index in [0.717, 1.165) is 43.9 Å². The van der Waals surface area contributed by atoms with Crippen LogP contribution in [0.5, 0.6) is 0 Å². The van der Waals surface area contributed by atoms with Crippen LogP contribution < -0.4 is 10.2 Å². The zero-order chi connectivity index (χ0) is 17.1. The summed E-state index contributed by atoms with van der Waals surface area (Å²) in [5, 5.41) is 13.2. The van der Waals surface area contributed by atoms with Crippen LogP contribution in [0, 0.1) is 11.3 Å². The summed E-state index contributed by atoms with van der Waals surface area (Å²) < 4.78 is 5.74. The molecule has 1 saturated heterocycles. The van der Waals surface area contributed by atoms with E-state index < -0.39 is 0 Å². The van der Waals surface area contributed by atoms with Crippen LogP contribution in [0.1, 0.15) is 49.1 Å². The number of thiophene rings is 1. The van der Waals surface area contributed by atoms with E-state index in [-0.39, 0.29) is 18.1 Å². The van der Waals surface area contributed by atoms with E-state index in [4.69, 9.17) is 4.74 Å². The molecular weight excluding hydrogens is 322 g/mol. The zero-order valence-corrected chi connectivity index (χ0v) is 15.3. The van der Waals surface area contributed by atoms with Crippen LogP contribution in [-0.2, 0) is 22.4 Å². The molecule has 0 unspecified atom stereocenters. The fraction of sp³-hybridized carbons (Fsp3) is 0.667. The van der Waals surface area contributed by atoms with Gasteiger partial charge in [0.2, 0.25) is 5.91 Å². The average Bonchev–Trinajstić information content (AvgIpc) is 2.89. The lowest BCUT2D eigenvalue weighted by Crippen LogP contribution is -3.15. The molecule has 5 nitrogen and oxygen atoms in total. The quantitative estimate of drug-likeness (QED) is 0.867. The molecule has 130 valence electrons. The number of aryl methyl sites for hydroxylation is 1. The normalized spacial score (nSPS) is 26.5. The molecule has 0 bridgehead atoms. The van der Waals surface area contributed by atoms with Crippen molar-refractivity contribution in [2.75, 3.05) is 25.0 Å². The van der Waals surface area contributed by atoms with Crippen LogP contribution in [0.3, 0.4) is 0 Å². The average molecular weight is 348 g/mol. The van der Waals surface area contributed by atoms with E-state index >= 15 is 0 Å². The minimum absolute atomic E-state index is 0.0180. The first-order chi connectivity index (χ1) is 11.6. The number of hydrogen-bond acceptors (Lipinski definition) is 4. The highest BCUT2D eigenvalue weighted by atomic mass is 32.1. The smallest absolute Gasteiger partial charge is 0.230 e. The number of amides is 1. The SMILES string of the molecule is C[C@@H]1C[NH+](CCC(=O)Nc2sc3c(c2C#N)CCCC3)C[C@@H](C)O1. The fourth-order valence-corrected chi connectivity index (χ4v) is 5.10. The summed E-state index contributed by atoms with van der Waals surface area (Å²) in [4.78, 5) is 15.0. The second kappa shape index (κ2) is 7.64. The van der Waals surface area contributed by atoms with Gasteiger partial charge in [-0.15, -0.1) is 11.3 Å². The third kappa shape index (κ3) is 3.97. The molecule has 1 aromatic rings. The van der Waals surface area contributed by atoms with Crippen molar-refractivity contribution in [2.24, 2.45) is 0 Å². The third-order valence-corrected chi connectivity index (χ3v) is 6.07. The van der Waals surface area contributed by atoms with E-state index in [1.165, 1.54) is 21.8 Å². The van der Waals surface area contributed by atoms with E-state index in [9.17, 15) is 10.1 Å². The summed E-state index contributed by atoms with van der Waals surface area (Å²) >= 11 is 1.60. The Hall–Kier alpha value is -1.42. The van der Waals surface area contributed by atoms with Gasteiger partial charge >= 0.3 is 0 Å². The number of anilines is 1. The lowest BCUT2D eigenvalue weighted by atomic mass is 9.96. The minimum atomic E-state index is 0.0180. The molecule has 1 fully saturated rings. The summed E-state index contributed by atoms with van der Waals surface area (Å²) in [5.74, 6) is 0.0180. The summed E-state index contributed by atoms with van der Waals surface area (Å²) in [6, 6.07) is 2.30. The van der Waals surface area contributed by atoms with Gasteiger partial charge in [0.1, 0.15) is 36.4 Å². The molecule has 0 radical (unpaired) electrons. The molecular formula is C18H26N3O2S+. The minimum Gasteiger partial charge on any atom is -0.364 e. The molecule has 0 saturated carbocycles. The summed E-state index contributed by atoms with van der Waals surface area (Å²) in [6.07, 6.45) is 5.33. The van der Waals surface area contributed by atoms with Gasteiger partial charge in [0, 0.05) is 4.88 Å². The molecule has 1 aromatic heterocycles. The number of rotatable bonds is 4. The Morgan fingerprint density at radius 1 is 1.33 bits per heavy atom. The van der Waals surface area contributed by atoms with Crippen molar-refractivity contribution in [1.29, 1.82) is 5.26 Å². The maximum absolute atomic E-state index is 12.3. The molecule has 3 rings (SSSR count). The third-order valence-electron chi connectivity index (χ3n) is 4.86. The number of morpholine rings is 1. The standard InChI is InChI=1S/C18H25N3O2S/c1-12-10-21(11-13(2)23-12)8-7-17(22)20-18-15(9-19)14-5-3-4-6-16(14)24-18/h12-13H,3-8,10-11H2,1-2H3,(H,20,22)/p+1/t12-,13-/m1/s1. The summed E-state index contributed by atoms with van der Waals surface area (Å²) in [6.45, 7) is 6.90. The number of hydrogen-bond donors (Lipinski definition) is 2. The largest absolute Gasteiger partial charge is 0.364 e. The number of fused-ring (bicyclic) bond motifs is 1. The number of carbonyl (C=O) groups excluding carboxylic acids is 1. The van der Waals surface area contributed by atoms with E-state index in [0.29, 0.717) is 12.0 Å². The molecule has 0 spiro atoms. The van der Waals surface area contributed by atoms with Gasteiger partial charge in [-0.25, -0.2) is 0 Å². The van der Waals surface area contributed by atoms with Crippen LogP contribution in [-0.4, -0.2) is 37.7 Å². The second-order valence-corrected chi connectivity index (χ2v) is 8.10. The first-order valence-electron chi connectivity index (χ1n) is 8.90. The van der Waals surface area contributed by atoms with E-state index in [1.54, 1.807) is 11.3 Å². The maximum Gasteiger partial charge on any atom is 0.230 e. The molecule has 6 heteroatoms. The van der Waals surface area contributed by atoms with Crippen LogP contribution in [0.4, 0.5) is 5.00 Å². The van der Waals surface area contributed by atoms with Gasteiger partial charge in [-0.1, -0.05) is 0 Å². The highest BCUT2D eigenvalue weighted by molar-refractivity contribution is 7.16. The number of nitrogens with one attached hydrogen (secondary N) is 2. The van der Waals surface area contributed by atoms with E-state index in [1.807, 2.05) is 0 Å². The predicted molar refractivity (Wildman–Crippen MR) is 94.5 cm³/mol. The number of nitrogens with zero attached hydrogens (tertiary/aromatic N) is 1. The van der Waals surface area contributed by atoms with Crippen LogP contribution >= 0.6 is 11.3 Å². The maximum atomic E-state index is 12.3. The van der Waals surface area contributed by atoms with Crippen LogP contribution in [0.2, 0.25) is 0 Å². The van der Waals surface area contributed by atoms with Crippen molar-refractivity contribution in [2.45, 2.75) is 58.2 Å². The van der Waals surface area contributed by atoms with Gasteiger partial charge in [0.25, 0.3) is 0 Å². The molecule has 1 amide bonds. The molecule has 1 aliphatic heterocycles. The van der Waals surface area contributed by atoms with E-state index in [2.05, 4.69) is 25.2 Å². The van der Waals surface area contributed by atoms with Crippen molar-refractivity contribution in [1.82, 2.24) is 0 Å². The van der Waals surface area contributed by atoms with Gasteiger partial charge in [0.05, 0.1) is 18.5 Å². The number of carbonyl (C=O) groups is 1. The fourth-order valence-electron chi connectivity index (χ4n) is 3.84.